The maximum absolute atomic E-state index is 13.7. The molecule has 3 amide bonds. The number of hydrogen-bond acceptors (Lipinski definition) is 9. The summed E-state index contributed by atoms with van der Waals surface area (Å²) in [6.45, 7) is 8.05. The Kier molecular flexibility index (Phi) is 11.1. The van der Waals surface area contributed by atoms with Gasteiger partial charge in [-0.25, -0.2) is 19.6 Å². The zero-order valence-electron chi connectivity index (χ0n) is 25.1. The van der Waals surface area contributed by atoms with Gasteiger partial charge in [-0.3, -0.25) is 19.3 Å². The summed E-state index contributed by atoms with van der Waals surface area (Å²) in [5.41, 5.74) is 7.47. The second kappa shape index (κ2) is 15.2. The number of carbonyl (C=O) groups is 3. The normalized spacial score (nSPS) is 20.0. The lowest BCUT2D eigenvalue weighted by atomic mass is 10.0. The van der Waals surface area contributed by atoms with E-state index in [0.717, 1.165) is 11.1 Å². The van der Waals surface area contributed by atoms with Gasteiger partial charge in [-0.15, -0.1) is 0 Å². The molecular weight excluding hydrogens is 548 g/mol. The summed E-state index contributed by atoms with van der Waals surface area (Å²) < 4.78 is 1.55. The molecule has 1 aliphatic heterocycles. The van der Waals surface area contributed by atoms with Crippen molar-refractivity contribution in [1.29, 1.82) is 0 Å². The molecule has 0 radical (unpaired) electrons. The van der Waals surface area contributed by atoms with Gasteiger partial charge < -0.3 is 21.7 Å². The van der Waals surface area contributed by atoms with Crippen LogP contribution < -0.4 is 21.7 Å². The molecule has 1 aliphatic rings. The summed E-state index contributed by atoms with van der Waals surface area (Å²) >= 11 is 0. The molecule has 0 saturated carbocycles. The molecule has 43 heavy (non-hydrogen) atoms. The molecule has 13 nitrogen and oxygen atoms in total. The van der Waals surface area contributed by atoms with Gasteiger partial charge in [0.25, 0.3) is 0 Å². The van der Waals surface area contributed by atoms with Crippen molar-refractivity contribution in [3.63, 3.8) is 0 Å². The molecule has 13 heteroatoms. The van der Waals surface area contributed by atoms with Gasteiger partial charge in [-0.2, -0.15) is 5.10 Å². The van der Waals surface area contributed by atoms with E-state index in [1.54, 1.807) is 24.0 Å². The quantitative estimate of drug-likeness (QED) is 0.342. The molecule has 2 aromatic heterocycles. The lowest BCUT2D eigenvalue weighted by Crippen LogP contribution is -2.50. The fourth-order valence-electron chi connectivity index (χ4n) is 5.09. The van der Waals surface area contributed by atoms with Gasteiger partial charge in [0.2, 0.25) is 23.7 Å². The Morgan fingerprint density at radius 1 is 0.977 bits per heavy atom. The van der Waals surface area contributed by atoms with Crippen molar-refractivity contribution in [1.82, 2.24) is 45.6 Å². The summed E-state index contributed by atoms with van der Waals surface area (Å²) in [6.07, 6.45) is 5.27. The minimum atomic E-state index is -0.793. The minimum absolute atomic E-state index is 0.0219. The molecule has 3 aromatic rings. The van der Waals surface area contributed by atoms with Crippen LogP contribution in [0.1, 0.15) is 61.9 Å². The lowest BCUT2D eigenvalue weighted by Gasteiger charge is -2.26. The molecule has 0 saturated heterocycles. The highest BCUT2D eigenvalue weighted by Crippen LogP contribution is 2.21. The van der Waals surface area contributed by atoms with Crippen LogP contribution in [0.3, 0.4) is 0 Å². The largest absolute Gasteiger partial charge is 0.368 e. The van der Waals surface area contributed by atoms with Crippen molar-refractivity contribution in [3.05, 3.63) is 65.5 Å². The molecule has 5 N–H and O–H groups in total. The second-order valence-corrected chi connectivity index (χ2v) is 11.2. The number of hydrogen-bond donors (Lipinski definition) is 4. The molecule has 0 fully saturated rings. The van der Waals surface area contributed by atoms with Gasteiger partial charge in [0.15, 0.2) is 5.82 Å². The Balaban J connectivity index is 1.57. The molecule has 230 valence electrons. The standard InChI is InChI=1S/C30H42N10O3/c1-20(2)27-28-35-21(3)38-40(28)19-26(42)32-12-8-14-39(18-23-16-33-30(31)34-17-23)13-7-11-25(41)36-24(29(43)37-27)15-22-9-5-4-6-10-22/h4-6,9-10,16-17,20,24,27H,7-8,11-15,18-19H2,1-3H3,(H,32,42)(H,36,41)(H,37,43)(H2,31,33,34)/t24-,27+/m1/s1. The topological polar surface area (TPSA) is 173 Å². The van der Waals surface area contributed by atoms with Crippen molar-refractivity contribution < 1.29 is 14.4 Å². The highest BCUT2D eigenvalue weighted by atomic mass is 16.2. The first-order valence-corrected chi connectivity index (χ1v) is 14.8. The van der Waals surface area contributed by atoms with E-state index in [9.17, 15) is 14.4 Å². The first-order chi connectivity index (χ1) is 20.7. The average Bonchev–Trinajstić information content (AvgIpc) is 3.33. The van der Waals surface area contributed by atoms with Crippen LogP contribution in [-0.2, 0) is 33.9 Å². The highest BCUT2D eigenvalue weighted by molar-refractivity contribution is 5.88. The fraction of sp³-hybridized carbons (Fsp3) is 0.500. The third-order valence-electron chi connectivity index (χ3n) is 7.26. The predicted octanol–water partition coefficient (Wildman–Crippen LogP) is 1.30. The van der Waals surface area contributed by atoms with E-state index in [-0.39, 0.29) is 42.6 Å². The predicted molar refractivity (Wildman–Crippen MR) is 161 cm³/mol. The molecule has 2 atom stereocenters. The SMILES string of the molecule is Cc1nc2n(n1)CC(=O)NCCCN(Cc1cnc(N)nc1)CCCC(=O)N[C@H](Cc1ccccc1)C(=O)N[C@H]2C(C)C. The molecule has 1 aromatic carbocycles. The van der Waals surface area contributed by atoms with Crippen molar-refractivity contribution >= 4 is 23.7 Å². The summed E-state index contributed by atoms with van der Waals surface area (Å²) in [6, 6.07) is 8.28. The number of aromatic nitrogens is 5. The van der Waals surface area contributed by atoms with Gasteiger partial charge in [0.1, 0.15) is 18.4 Å². The summed E-state index contributed by atoms with van der Waals surface area (Å²) in [5, 5.41) is 13.5. The molecule has 4 rings (SSSR count). The van der Waals surface area contributed by atoms with Gasteiger partial charge in [-0.05, 0) is 37.8 Å². The molecular formula is C30H42N10O3. The van der Waals surface area contributed by atoms with Crippen LogP contribution in [0.4, 0.5) is 5.95 Å². The van der Waals surface area contributed by atoms with Crippen LogP contribution in [-0.4, -0.2) is 73.0 Å². The third-order valence-corrected chi connectivity index (χ3v) is 7.26. The van der Waals surface area contributed by atoms with Crippen molar-refractivity contribution in [3.8, 4) is 0 Å². The fourth-order valence-corrected chi connectivity index (χ4v) is 5.09. The Hall–Kier alpha value is -4.39. The van der Waals surface area contributed by atoms with Crippen molar-refractivity contribution in [2.75, 3.05) is 25.4 Å². The van der Waals surface area contributed by atoms with Crippen LogP contribution in [0.25, 0.3) is 0 Å². The number of nitrogens with one attached hydrogen (secondary N) is 3. The highest BCUT2D eigenvalue weighted by Gasteiger charge is 2.29. The monoisotopic (exact) mass is 590 g/mol. The number of fused-ring (bicyclic) bond motifs is 1. The van der Waals surface area contributed by atoms with Gasteiger partial charge in [0.05, 0.1) is 6.04 Å². The molecule has 0 aliphatic carbocycles. The Bertz CT molecular complexity index is 1360. The zero-order chi connectivity index (χ0) is 30.8. The number of nitrogens with zero attached hydrogens (tertiary/aromatic N) is 6. The number of rotatable bonds is 5. The molecule has 0 spiro atoms. The van der Waals surface area contributed by atoms with Crippen LogP contribution in [0.2, 0.25) is 0 Å². The number of carbonyl (C=O) groups excluding carboxylic acids is 3. The first kappa shape index (κ1) is 31.5. The van der Waals surface area contributed by atoms with Crippen LogP contribution in [0.15, 0.2) is 42.7 Å². The maximum Gasteiger partial charge on any atom is 0.243 e. The van der Waals surface area contributed by atoms with E-state index in [4.69, 9.17) is 5.73 Å². The summed E-state index contributed by atoms with van der Waals surface area (Å²) in [7, 11) is 0. The van der Waals surface area contributed by atoms with E-state index in [1.165, 1.54) is 0 Å². The van der Waals surface area contributed by atoms with Crippen LogP contribution >= 0.6 is 0 Å². The Morgan fingerprint density at radius 2 is 1.70 bits per heavy atom. The maximum atomic E-state index is 13.7. The van der Waals surface area contributed by atoms with Crippen LogP contribution in [0.5, 0.6) is 0 Å². The third kappa shape index (κ3) is 9.57. The molecule has 0 unspecified atom stereocenters. The van der Waals surface area contributed by atoms with Gasteiger partial charge >= 0.3 is 0 Å². The molecule has 0 bridgehead atoms. The zero-order valence-corrected chi connectivity index (χ0v) is 25.1. The Labute approximate surface area is 252 Å². The number of aryl methyl sites for hydroxylation is 1. The van der Waals surface area contributed by atoms with E-state index < -0.39 is 12.1 Å². The number of amides is 3. The van der Waals surface area contributed by atoms with Gasteiger partial charge in [0, 0.05) is 50.4 Å². The van der Waals surface area contributed by atoms with E-state index >= 15 is 0 Å². The van der Waals surface area contributed by atoms with Crippen LogP contribution in [0, 0.1) is 12.8 Å². The average molecular weight is 591 g/mol. The van der Waals surface area contributed by atoms with Crippen molar-refractivity contribution in [2.24, 2.45) is 5.92 Å². The lowest BCUT2D eigenvalue weighted by molar-refractivity contribution is -0.129. The number of nitrogens with two attached hydrogens (primary N) is 1. The van der Waals surface area contributed by atoms with E-state index in [1.807, 2.05) is 44.2 Å². The summed E-state index contributed by atoms with van der Waals surface area (Å²) in [5.74, 6) is 0.462. The second-order valence-electron chi connectivity index (χ2n) is 11.2. The smallest absolute Gasteiger partial charge is 0.243 e. The number of benzene rings is 1. The van der Waals surface area contributed by atoms with Gasteiger partial charge in [-0.1, -0.05) is 44.2 Å². The minimum Gasteiger partial charge on any atom is -0.368 e. The molecule has 3 heterocycles. The first-order valence-electron chi connectivity index (χ1n) is 14.8. The summed E-state index contributed by atoms with van der Waals surface area (Å²) in [4.78, 5) is 54.7. The number of anilines is 1. The van der Waals surface area contributed by atoms with E-state index in [2.05, 4.69) is 40.9 Å². The Morgan fingerprint density at radius 3 is 2.42 bits per heavy atom. The van der Waals surface area contributed by atoms with Crippen molar-refractivity contribution in [2.45, 2.75) is 71.6 Å². The van der Waals surface area contributed by atoms with E-state index in [0.29, 0.717) is 57.1 Å². The number of nitrogen functional groups attached to an aromatic ring is 1.